The number of fused-ring (bicyclic) bond motifs is 1. The van der Waals surface area contributed by atoms with Gasteiger partial charge >= 0.3 is 5.69 Å². The number of pyridine rings is 1. The van der Waals surface area contributed by atoms with Crippen LogP contribution in [0, 0.1) is 16.0 Å². The fraction of sp³-hybridized carbons (Fsp3) is 0.235. The summed E-state index contributed by atoms with van der Waals surface area (Å²) >= 11 is 0. The molecule has 0 fully saturated rings. The minimum Gasteiger partial charge on any atom is -0.461 e. The second-order valence-electron chi connectivity index (χ2n) is 5.57. The summed E-state index contributed by atoms with van der Waals surface area (Å²) in [5.41, 5.74) is 1.90. The number of para-hydroxylation sites is 1. The van der Waals surface area contributed by atoms with Crippen LogP contribution in [0.4, 0.5) is 5.69 Å². The molecule has 0 aliphatic carbocycles. The second-order valence-corrected chi connectivity index (χ2v) is 5.57. The molecule has 0 amide bonds. The third-order valence-electron chi connectivity index (χ3n) is 3.84. The molecule has 2 aromatic heterocycles. The van der Waals surface area contributed by atoms with Crippen LogP contribution in [-0.4, -0.2) is 9.91 Å². The van der Waals surface area contributed by atoms with Crippen LogP contribution >= 0.6 is 0 Å². The highest BCUT2D eigenvalue weighted by atomic mass is 16.6. The molecule has 0 N–H and O–H groups in total. The summed E-state index contributed by atoms with van der Waals surface area (Å²) in [6, 6.07) is 11.1. The molecule has 5 heteroatoms. The normalized spacial score (nSPS) is 12.7. The molecule has 5 nitrogen and oxygen atoms in total. The molecule has 0 aliphatic rings. The largest absolute Gasteiger partial charge is 0.461 e. The van der Waals surface area contributed by atoms with Gasteiger partial charge in [-0.3, -0.25) is 15.1 Å². The Morgan fingerprint density at radius 2 is 1.95 bits per heavy atom. The van der Waals surface area contributed by atoms with E-state index in [-0.39, 0.29) is 17.5 Å². The van der Waals surface area contributed by atoms with E-state index < -0.39 is 4.92 Å². The van der Waals surface area contributed by atoms with Crippen molar-refractivity contribution in [2.45, 2.75) is 19.8 Å². The molecular formula is C17H16N2O3. The quantitative estimate of drug-likeness (QED) is 0.524. The van der Waals surface area contributed by atoms with Crippen molar-refractivity contribution >= 4 is 16.6 Å². The monoisotopic (exact) mass is 296 g/mol. The van der Waals surface area contributed by atoms with Gasteiger partial charge in [-0.2, -0.15) is 0 Å². The molecule has 112 valence electrons. The predicted octanol–water partition coefficient (Wildman–Crippen LogP) is 4.52. The van der Waals surface area contributed by atoms with Crippen LogP contribution < -0.4 is 0 Å². The van der Waals surface area contributed by atoms with Crippen molar-refractivity contribution in [3.63, 3.8) is 0 Å². The topological polar surface area (TPSA) is 69.2 Å². The molecule has 0 spiro atoms. The lowest BCUT2D eigenvalue weighted by Gasteiger charge is -2.20. The number of hydrogen-bond acceptors (Lipinski definition) is 4. The maximum Gasteiger partial charge on any atom is 0.311 e. The van der Waals surface area contributed by atoms with Crippen LogP contribution in [0.3, 0.4) is 0 Å². The van der Waals surface area contributed by atoms with Crippen molar-refractivity contribution in [2.75, 3.05) is 0 Å². The Morgan fingerprint density at radius 3 is 2.68 bits per heavy atom. The molecule has 0 aliphatic heterocycles. The summed E-state index contributed by atoms with van der Waals surface area (Å²) < 4.78 is 5.49. The smallest absolute Gasteiger partial charge is 0.311 e. The maximum atomic E-state index is 11.2. The predicted molar refractivity (Wildman–Crippen MR) is 83.8 cm³/mol. The lowest BCUT2D eigenvalue weighted by molar-refractivity contribution is -0.386. The van der Waals surface area contributed by atoms with Crippen molar-refractivity contribution in [3.8, 4) is 0 Å². The summed E-state index contributed by atoms with van der Waals surface area (Å²) in [7, 11) is 0. The van der Waals surface area contributed by atoms with Gasteiger partial charge < -0.3 is 4.42 Å². The Labute approximate surface area is 127 Å². The SMILES string of the molecule is CC(C)C(c1occc1[N+](=O)[O-])c1ccnc2ccccc12. The number of furan rings is 1. The van der Waals surface area contributed by atoms with E-state index in [0.29, 0.717) is 5.76 Å². The van der Waals surface area contributed by atoms with Crippen molar-refractivity contribution in [1.29, 1.82) is 0 Å². The minimum absolute atomic E-state index is 0.0274. The summed E-state index contributed by atoms with van der Waals surface area (Å²) in [4.78, 5) is 15.2. The van der Waals surface area contributed by atoms with Crippen molar-refractivity contribution in [1.82, 2.24) is 4.98 Å². The highest BCUT2D eigenvalue weighted by Crippen LogP contribution is 2.40. The molecule has 0 saturated heterocycles. The Bertz CT molecular complexity index is 818. The number of aromatic nitrogens is 1. The van der Waals surface area contributed by atoms with Crippen LogP contribution in [0.25, 0.3) is 10.9 Å². The summed E-state index contributed by atoms with van der Waals surface area (Å²) in [6.07, 6.45) is 3.12. The number of nitro groups is 1. The first-order chi connectivity index (χ1) is 10.6. The molecule has 1 atom stereocenters. The van der Waals surface area contributed by atoms with E-state index in [2.05, 4.69) is 4.98 Å². The zero-order valence-corrected chi connectivity index (χ0v) is 12.4. The maximum absolute atomic E-state index is 11.2. The third kappa shape index (κ3) is 2.35. The molecule has 0 bridgehead atoms. The molecule has 1 unspecified atom stereocenters. The van der Waals surface area contributed by atoms with Crippen LogP contribution in [0.2, 0.25) is 0 Å². The van der Waals surface area contributed by atoms with Crippen LogP contribution in [0.1, 0.15) is 31.1 Å². The summed E-state index contributed by atoms with van der Waals surface area (Å²) in [5.74, 6) is 0.357. The fourth-order valence-corrected chi connectivity index (χ4v) is 2.89. The first kappa shape index (κ1) is 14.3. The highest BCUT2D eigenvalue weighted by molar-refractivity contribution is 5.83. The van der Waals surface area contributed by atoms with Gasteiger partial charge in [0.2, 0.25) is 0 Å². The lowest BCUT2D eigenvalue weighted by atomic mass is 9.84. The Kier molecular flexibility index (Phi) is 3.63. The molecule has 0 radical (unpaired) electrons. The first-order valence-corrected chi connectivity index (χ1v) is 7.15. The number of rotatable bonds is 4. The number of benzene rings is 1. The van der Waals surface area contributed by atoms with Gasteiger partial charge in [-0.05, 0) is 23.6 Å². The van der Waals surface area contributed by atoms with Crippen molar-refractivity contribution in [3.05, 3.63) is 70.3 Å². The van der Waals surface area contributed by atoms with Crippen LogP contribution in [-0.2, 0) is 0 Å². The molecule has 22 heavy (non-hydrogen) atoms. The Balaban J connectivity index is 2.23. The standard InChI is InChI=1S/C17H16N2O3/c1-11(2)16(17-15(19(20)21)8-10-22-17)13-7-9-18-14-6-4-3-5-12(13)14/h3-11,16H,1-2H3. The zero-order valence-electron chi connectivity index (χ0n) is 12.4. The average molecular weight is 296 g/mol. The average Bonchev–Trinajstić information content (AvgIpc) is 2.97. The molecule has 3 rings (SSSR count). The van der Waals surface area contributed by atoms with E-state index >= 15 is 0 Å². The van der Waals surface area contributed by atoms with E-state index in [9.17, 15) is 10.1 Å². The Morgan fingerprint density at radius 1 is 1.18 bits per heavy atom. The molecule has 0 saturated carbocycles. The van der Waals surface area contributed by atoms with E-state index in [1.54, 1.807) is 6.20 Å². The summed E-state index contributed by atoms with van der Waals surface area (Å²) in [5, 5.41) is 12.2. The van der Waals surface area contributed by atoms with E-state index in [1.165, 1.54) is 12.3 Å². The van der Waals surface area contributed by atoms with Gasteiger partial charge in [0.05, 0.1) is 28.7 Å². The van der Waals surface area contributed by atoms with Crippen LogP contribution in [0.5, 0.6) is 0 Å². The first-order valence-electron chi connectivity index (χ1n) is 7.15. The molecule has 1 aromatic carbocycles. The zero-order chi connectivity index (χ0) is 15.7. The fourth-order valence-electron chi connectivity index (χ4n) is 2.89. The van der Waals surface area contributed by atoms with E-state index in [1.807, 2.05) is 44.2 Å². The van der Waals surface area contributed by atoms with Crippen molar-refractivity contribution in [2.24, 2.45) is 5.92 Å². The molecular weight excluding hydrogens is 280 g/mol. The number of hydrogen-bond donors (Lipinski definition) is 0. The van der Waals surface area contributed by atoms with Gasteiger partial charge in [-0.15, -0.1) is 0 Å². The van der Waals surface area contributed by atoms with Crippen LogP contribution in [0.15, 0.2) is 53.3 Å². The van der Waals surface area contributed by atoms with E-state index in [0.717, 1.165) is 16.5 Å². The highest BCUT2D eigenvalue weighted by Gasteiger charge is 2.30. The van der Waals surface area contributed by atoms with Gasteiger partial charge in [-0.1, -0.05) is 32.0 Å². The third-order valence-corrected chi connectivity index (χ3v) is 3.84. The van der Waals surface area contributed by atoms with Gasteiger partial charge in [-0.25, -0.2) is 0 Å². The Hall–Kier alpha value is -2.69. The van der Waals surface area contributed by atoms with Gasteiger partial charge in [0.15, 0.2) is 5.76 Å². The van der Waals surface area contributed by atoms with Crippen molar-refractivity contribution < 1.29 is 9.34 Å². The number of nitrogens with zero attached hydrogens (tertiary/aromatic N) is 2. The van der Waals surface area contributed by atoms with E-state index in [4.69, 9.17) is 4.42 Å². The van der Waals surface area contributed by atoms with Gasteiger partial charge in [0, 0.05) is 11.6 Å². The second kappa shape index (κ2) is 5.60. The summed E-state index contributed by atoms with van der Waals surface area (Å²) in [6.45, 7) is 4.07. The minimum atomic E-state index is -0.391. The molecule has 3 aromatic rings. The van der Waals surface area contributed by atoms with Gasteiger partial charge in [0.25, 0.3) is 0 Å². The lowest BCUT2D eigenvalue weighted by Crippen LogP contribution is -2.10. The van der Waals surface area contributed by atoms with Gasteiger partial charge in [0.1, 0.15) is 0 Å². The molecule has 2 heterocycles.